The van der Waals surface area contributed by atoms with Crippen LogP contribution in [-0.2, 0) is 4.74 Å². The van der Waals surface area contributed by atoms with E-state index >= 15 is 0 Å². The molecule has 0 saturated carbocycles. The summed E-state index contributed by atoms with van der Waals surface area (Å²) in [7, 11) is 1.66. The Hall–Kier alpha value is -2.39. The van der Waals surface area contributed by atoms with Crippen molar-refractivity contribution in [2.45, 2.75) is 18.6 Å². The standard InChI is InChI=1S/C15H15FN4O/c1-21-11-7-14(15-18-4-5-19-15)20(9-11)13-3-2-10(8-17)6-12(13)16/h2-6,11,14H,7,9H2,1H3,(H,18,19)/t11-,14?/m1/s1. The zero-order valence-electron chi connectivity index (χ0n) is 11.6. The van der Waals surface area contributed by atoms with Crippen molar-refractivity contribution in [1.82, 2.24) is 9.97 Å². The third kappa shape index (κ3) is 2.48. The van der Waals surface area contributed by atoms with Crippen molar-refractivity contribution in [1.29, 1.82) is 5.26 Å². The Kier molecular flexibility index (Phi) is 3.59. The van der Waals surface area contributed by atoms with Crippen molar-refractivity contribution in [3.8, 4) is 6.07 Å². The van der Waals surface area contributed by atoms with E-state index < -0.39 is 5.82 Å². The zero-order chi connectivity index (χ0) is 14.8. The van der Waals surface area contributed by atoms with Crippen LogP contribution >= 0.6 is 0 Å². The van der Waals surface area contributed by atoms with Gasteiger partial charge in [-0.3, -0.25) is 0 Å². The van der Waals surface area contributed by atoms with Crippen LogP contribution in [0.3, 0.4) is 0 Å². The summed E-state index contributed by atoms with van der Waals surface area (Å²) in [6, 6.07) is 6.40. The first-order chi connectivity index (χ1) is 10.2. The molecule has 1 saturated heterocycles. The van der Waals surface area contributed by atoms with Crippen LogP contribution in [0.2, 0.25) is 0 Å². The maximum Gasteiger partial charge on any atom is 0.147 e. The van der Waals surface area contributed by atoms with Gasteiger partial charge in [0.2, 0.25) is 0 Å². The van der Waals surface area contributed by atoms with E-state index in [-0.39, 0.29) is 12.1 Å². The number of halogens is 1. The molecule has 0 radical (unpaired) electrons. The van der Waals surface area contributed by atoms with Gasteiger partial charge >= 0.3 is 0 Å². The molecule has 1 aliphatic heterocycles. The Labute approximate surface area is 122 Å². The number of hydrogen-bond donors (Lipinski definition) is 1. The molecule has 2 heterocycles. The molecule has 2 aromatic rings. The first-order valence-electron chi connectivity index (χ1n) is 6.71. The van der Waals surface area contributed by atoms with Crippen LogP contribution < -0.4 is 4.90 Å². The average Bonchev–Trinajstić information content (AvgIpc) is 3.15. The van der Waals surface area contributed by atoms with Crippen LogP contribution in [0.5, 0.6) is 0 Å². The molecular formula is C15H15FN4O. The molecule has 1 unspecified atom stereocenters. The number of aromatic amines is 1. The molecule has 0 amide bonds. The highest BCUT2D eigenvalue weighted by Gasteiger charge is 2.36. The molecule has 2 atom stereocenters. The Morgan fingerprint density at radius 3 is 3.00 bits per heavy atom. The second-order valence-electron chi connectivity index (χ2n) is 5.01. The van der Waals surface area contributed by atoms with Crippen LogP contribution in [0.25, 0.3) is 0 Å². The van der Waals surface area contributed by atoms with E-state index in [1.165, 1.54) is 6.07 Å². The number of methoxy groups -OCH3 is 1. The van der Waals surface area contributed by atoms with Crippen molar-refractivity contribution in [2.24, 2.45) is 0 Å². The molecule has 0 spiro atoms. The van der Waals surface area contributed by atoms with Gasteiger partial charge in [0, 0.05) is 32.5 Å². The third-order valence-corrected chi connectivity index (χ3v) is 3.82. The second kappa shape index (κ2) is 5.54. The lowest BCUT2D eigenvalue weighted by atomic mass is 10.1. The van der Waals surface area contributed by atoms with Gasteiger partial charge < -0.3 is 14.6 Å². The van der Waals surface area contributed by atoms with Gasteiger partial charge in [-0.25, -0.2) is 9.37 Å². The highest BCUT2D eigenvalue weighted by Crippen LogP contribution is 2.37. The number of ether oxygens (including phenoxy) is 1. The van der Waals surface area contributed by atoms with Crippen LogP contribution in [0.1, 0.15) is 23.9 Å². The summed E-state index contributed by atoms with van der Waals surface area (Å²) in [6.07, 6.45) is 4.20. The molecular weight excluding hydrogens is 271 g/mol. The van der Waals surface area contributed by atoms with E-state index in [4.69, 9.17) is 10.00 Å². The molecule has 6 heteroatoms. The smallest absolute Gasteiger partial charge is 0.147 e. The van der Waals surface area contributed by atoms with Gasteiger partial charge in [-0.1, -0.05) is 0 Å². The molecule has 1 aliphatic rings. The number of hydrogen-bond acceptors (Lipinski definition) is 4. The van der Waals surface area contributed by atoms with E-state index in [2.05, 4.69) is 9.97 Å². The maximum absolute atomic E-state index is 14.3. The minimum absolute atomic E-state index is 0.0233. The Morgan fingerprint density at radius 1 is 1.52 bits per heavy atom. The largest absolute Gasteiger partial charge is 0.380 e. The number of anilines is 1. The molecule has 1 aromatic heterocycles. The van der Waals surface area contributed by atoms with Crippen LogP contribution in [0, 0.1) is 17.1 Å². The van der Waals surface area contributed by atoms with Gasteiger partial charge in [-0.05, 0) is 18.2 Å². The summed E-state index contributed by atoms with van der Waals surface area (Å²) in [5, 5.41) is 8.84. The first-order valence-corrected chi connectivity index (χ1v) is 6.71. The lowest BCUT2D eigenvalue weighted by Crippen LogP contribution is -2.26. The number of nitriles is 1. The van der Waals surface area contributed by atoms with Crippen LogP contribution in [-0.4, -0.2) is 29.7 Å². The number of aromatic nitrogens is 2. The van der Waals surface area contributed by atoms with E-state index in [9.17, 15) is 4.39 Å². The Bertz CT molecular complexity index is 665. The van der Waals surface area contributed by atoms with Gasteiger partial charge in [0.05, 0.1) is 29.5 Å². The first kappa shape index (κ1) is 13.6. The average molecular weight is 286 g/mol. The highest BCUT2D eigenvalue weighted by atomic mass is 19.1. The Balaban J connectivity index is 1.97. The minimum Gasteiger partial charge on any atom is -0.380 e. The summed E-state index contributed by atoms with van der Waals surface area (Å²) in [4.78, 5) is 9.29. The quantitative estimate of drug-likeness (QED) is 0.941. The summed E-state index contributed by atoms with van der Waals surface area (Å²) in [5.74, 6) is 0.390. The van der Waals surface area contributed by atoms with Gasteiger partial charge in [0.1, 0.15) is 11.6 Å². The summed E-state index contributed by atoms with van der Waals surface area (Å²) in [6.45, 7) is 0.588. The summed E-state index contributed by atoms with van der Waals surface area (Å²) in [5.41, 5.74) is 0.781. The fourth-order valence-corrected chi connectivity index (χ4v) is 2.76. The topological polar surface area (TPSA) is 64.9 Å². The SMILES string of the molecule is CO[C@@H]1CC(c2ncc[nH]2)N(c2ccc(C#N)cc2F)C1. The van der Waals surface area contributed by atoms with Crippen molar-refractivity contribution in [3.63, 3.8) is 0 Å². The normalized spacial score (nSPS) is 21.5. The van der Waals surface area contributed by atoms with Gasteiger partial charge in [-0.2, -0.15) is 5.26 Å². The van der Waals surface area contributed by atoms with Gasteiger partial charge in [-0.15, -0.1) is 0 Å². The number of imidazole rings is 1. The maximum atomic E-state index is 14.3. The van der Waals surface area contributed by atoms with E-state index in [1.807, 2.05) is 11.0 Å². The molecule has 3 rings (SSSR count). The lowest BCUT2D eigenvalue weighted by molar-refractivity contribution is 0.118. The number of rotatable bonds is 3. The molecule has 21 heavy (non-hydrogen) atoms. The molecule has 0 bridgehead atoms. The number of H-pyrrole nitrogens is 1. The van der Waals surface area contributed by atoms with Crippen molar-refractivity contribution in [2.75, 3.05) is 18.6 Å². The minimum atomic E-state index is -0.401. The monoisotopic (exact) mass is 286 g/mol. The molecule has 0 aliphatic carbocycles. The van der Waals surface area contributed by atoms with E-state index in [0.29, 0.717) is 17.8 Å². The van der Waals surface area contributed by atoms with E-state index in [0.717, 1.165) is 12.2 Å². The van der Waals surface area contributed by atoms with Crippen LogP contribution in [0.15, 0.2) is 30.6 Å². The van der Waals surface area contributed by atoms with Gasteiger partial charge in [0.15, 0.2) is 0 Å². The van der Waals surface area contributed by atoms with Crippen molar-refractivity contribution in [3.05, 3.63) is 47.8 Å². The second-order valence-corrected chi connectivity index (χ2v) is 5.01. The number of benzene rings is 1. The van der Waals surface area contributed by atoms with Crippen LogP contribution in [0.4, 0.5) is 10.1 Å². The molecule has 1 aromatic carbocycles. The third-order valence-electron chi connectivity index (χ3n) is 3.82. The highest BCUT2D eigenvalue weighted by molar-refractivity contribution is 5.53. The predicted octanol–water partition coefficient (Wildman–Crippen LogP) is 2.39. The van der Waals surface area contributed by atoms with Crippen molar-refractivity contribution >= 4 is 5.69 Å². The molecule has 5 nitrogen and oxygen atoms in total. The summed E-state index contributed by atoms with van der Waals surface area (Å²) < 4.78 is 19.7. The lowest BCUT2D eigenvalue weighted by Gasteiger charge is -2.25. The van der Waals surface area contributed by atoms with Crippen molar-refractivity contribution < 1.29 is 9.13 Å². The summed E-state index contributed by atoms with van der Waals surface area (Å²) >= 11 is 0. The van der Waals surface area contributed by atoms with Gasteiger partial charge in [0.25, 0.3) is 0 Å². The molecule has 1 fully saturated rings. The Morgan fingerprint density at radius 2 is 2.38 bits per heavy atom. The number of nitrogens with one attached hydrogen (secondary N) is 1. The zero-order valence-corrected chi connectivity index (χ0v) is 11.6. The molecule has 1 N–H and O–H groups in total. The fraction of sp³-hybridized carbons (Fsp3) is 0.333. The number of nitrogens with zero attached hydrogens (tertiary/aromatic N) is 3. The fourth-order valence-electron chi connectivity index (χ4n) is 2.76. The van der Waals surface area contributed by atoms with E-state index in [1.54, 1.807) is 31.6 Å². The predicted molar refractivity (Wildman–Crippen MR) is 75.2 cm³/mol. The molecule has 108 valence electrons.